The lowest BCUT2D eigenvalue weighted by Crippen LogP contribution is -2.43. The van der Waals surface area contributed by atoms with Gasteiger partial charge in [0.05, 0.1) is 6.54 Å². The first-order valence-corrected chi connectivity index (χ1v) is 8.92. The molecule has 0 saturated heterocycles. The minimum atomic E-state index is -0.143. The molecule has 0 spiro atoms. The van der Waals surface area contributed by atoms with Crippen molar-refractivity contribution in [3.8, 4) is 0 Å². The van der Waals surface area contributed by atoms with Crippen LogP contribution < -0.4 is 10.6 Å². The monoisotopic (exact) mass is 349 g/mol. The second-order valence-corrected chi connectivity index (χ2v) is 8.35. The van der Waals surface area contributed by atoms with Crippen LogP contribution >= 0.6 is 11.3 Å². The minimum Gasteiger partial charge on any atom is -0.356 e. The molecule has 0 aliphatic rings. The van der Waals surface area contributed by atoms with Gasteiger partial charge in [-0.3, -0.25) is 4.99 Å². The molecule has 2 rings (SSSR count). The van der Waals surface area contributed by atoms with E-state index in [0.29, 0.717) is 18.3 Å². The zero-order valence-electron chi connectivity index (χ0n) is 15.3. The molecule has 0 bridgehead atoms. The Labute approximate surface area is 147 Å². The first-order valence-electron chi connectivity index (χ1n) is 8.04. The van der Waals surface area contributed by atoms with E-state index in [1.807, 2.05) is 20.8 Å². The number of hydrogen-bond acceptors (Lipinski definition) is 5. The number of nitrogens with zero attached hydrogens (tertiary/aromatic N) is 3. The first kappa shape index (κ1) is 18.4. The Morgan fingerprint density at radius 3 is 2.54 bits per heavy atom. The van der Waals surface area contributed by atoms with E-state index in [0.717, 1.165) is 12.5 Å². The van der Waals surface area contributed by atoms with Crippen LogP contribution in [0.1, 0.15) is 51.2 Å². The van der Waals surface area contributed by atoms with Crippen LogP contribution in [-0.4, -0.2) is 29.7 Å². The summed E-state index contributed by atoms with van der Waals surface area (Å²) in [7, 11) is 1.75. The summed E-state index contributed by atoms with van der Waals surface area (Å²) in [6.07, 6.45) is 0. The third kappa shape index (κ3) is 4.80. The highest BCUT2D eigenvalue weighted by Crippen LogP contribution is 2.26. The number of thiophene rings is 1. The van der Waals surface area contributed by atoms with Gasteiger partial charge in [-0.25, -0.2) is 0 Å². The molecular formula is C17H27N5OS. The standard InChI is InChI=1S/C17H27N5OS/c1-16(2,3)14-21-13(22-23-14)10-19-15(18-6)20-11-17(4,5)12-8-7-9-24-12/h7-9H,10-11H2,1-6H3,(H2,18,19,20). The molecule has 0 amide bonds. The van der Waals surface area contributed by atoms with Gasteiger partial charge in [-0.05, 0) is 11.4 Å². The average Bonchev–Trinajstić information content (AvgIpc) is 3.18. The zero-order chi connectivity index (χ0) is 17.8. The third-order valence-corrected chi connectivity index (χ3v) is 4.87. The topological polar surface area (TPSA) is 75.3 Å². The molecule has 2 aromatic rings. The van der Waals surface area contributed by atoms with Crippen LogP contribution in [0.5, 0.6) is 0 Å². The second-order valence-electron chi connectivity index (χ2n) is 7.41. The Hall–Kier alpha value is -1.89. The number of aromatic nitrogens is 2. The number of aliphatic imine (C=N–C) groups is 1. The number of nitrogens with one attached hydrogen (secondary N) is 2. The smallest absolute Gasteiger partial charge is 0.232 e. The normalized spacial score (nSPS) is 13.2. The molecule has 24 heavy (non-hydrogen) atoms. The molecule has 0 aromatic carbocycles. The molecule has 7 heteroatoms. The fourth-order valence-electron chi connectivity index (χ4n) is 2.07. The Balaban J connectivity index is 1.88. The lowest BCUT2D eigenvalue weighted by Gasteiger charge is -2.24. The minimum absolute atomic E-state index is 0.0390. The summed E-state index contributed by atoms with van der Waals surface area (Å²) in [4.78, 5) is 10.0. The van der Waals surface area contributed by atoms with Crippen LogP contribution in [0.15, 0.2) is 27.0 Å². The number of hydrogen-bond donors (Lipinski definition) is 2. The van der Waals surface area contributed by atoms with Crippen molar-refractivity contribution in [2.45, 2.75) is 52.0 Å². The van der Waals surface area contributed by atoms with Gasteiger partial charge in [0.25, 0.3) is 0 Å². The van der Waals surface area contributed by atoms with Crippen molar-refractivity contribution in [1.29, 1.82) is 0 Å². The summed E-state index contributed by atoms with van der Waals surface area (Å²) in [6, 6.07) is 4.24. The summed E-state index contributed by atoms with van der Waals surface area (Å²) in [5.41, 5.74) is -0.104. The fourth-order valence-corrected chi connectivity index (χ4v) is 2.92. The van der Waals surface area contributed by atoms with Crippen LogP contribution in [0.25, 0.3) is 0 Å². The molecule has 0 atom stereocenters. The van der Waals surface area contributed by atoms with Gasteiger partial charge >= 0.3 is 0 Å². The van der Waals surface area contributed by atoms with Gasteiger partial charge in [-0.15, -0.1) is 11.3 Å². The molecule has 0 fully saturated rings. The van der Waals surface area contributed by atoms with Crippen LogP contribution in [0, 0.1) is 0 Å². The highest BCUT2D eigenvalue weighted by atomic mass is 32.1. The summed E-state index contributed by atoms with van der Waals surface area (Å²) < 4.78 is 5.30. The third-order valence-electron chi connectivity index (χ3n) is 3.63. The molecule has 0 unspecified atom stereocenters. The number of rotatable bonds is 5. The summed E-state index contributed by atoms with van der Waals surface area (Å²) in [6.45, 7) is 11.8. The molecule has 132 valence electrons. The lowest BCUT2D eigenvalue weighted by molar-refractivity contribution is 0.318. The van der Waals surface area contributed by atoms with Gasteiger partial charge in [0.1, 0.15) is 0 Å². The van der Waals surface area contributed by atoms with Crippen molar-refractivity contribution < 1.29 is 4.52 Å². The van der Waals surface area contributed by atoms with Crippen LogP contribution in [0.3, 0.4) is 0 Å². The van der Waals surface area contributed by atoms with E-state index < -0.39 is 0 Å². The van der Waals surface area contributed by atoms with E-state index in [1.165, 1.54) is 4.88 Å². The summed E-state index contributed by atoms with van der Waals surface area (Å²) in [5.74, 6) is 1.99. The van der Waals surface area contributed by atoms with Crippen molar-refractivity contribution in [1.82, 2.24) is 20.8 Å². The van der Waals surface area contributed by atoms with E-state index in [2.05, 4.69) is 57.1 Å². The van der Waals surface area contributed by atoms with Crippen LogP contribution in [0.2, 0.25) is 0 Å². The summed E-state index contributed by atoms with van der Waals surface area (Å²) in [5, 5.41) is 12.7. The van der Waals surface area contributed by atoms with E-state index in [4.69, 9.17) is 4.52 Å². The maximum absolute atomic E-state index is 5.30. The van der Waals surface area contributed by atoms with Crippen molar-refractivity contribution in [3.05, 3.63) is 34.1 Å². The molecule has 0 aliphatic heterocycles. The summed E-state index contributed by atoms with van der Waals surface area (Å²) >= 11 is 1.77. The predicted molar refractivity (Wildman–Crippen MR) is 98.5 cm³/mol. The van der Waals surface area contributed by atoms with E-state index >= 15 is 0 Å². The predicted octanol–water partition coefficient (Wildman–Crippen LogP) is 3.07. The van der Waals surface area contributed by atoms with Gasteiger partial charge in [0, 0.05) is 29.3 Å². The van der Waals surface area contributed by atoms with Gasteiger partial charge in [0.2, 0.25) is 5.89 Å². The molecule has 6 nitrogen and oxygen atoms in total. The SMILES string of the molecule is CN=C(NCc1noc(C(C)(C)C)n1)NCC(C)(C)c1cccs1. The molecule has 2 aromatic heterocycles. The highest BCUT2D eigenvalue weighted by Gasteiger charge is 2.23. The van der Waals surface area contributed by atoms with Gasteiger partial charge in [-0.2, -0.15) is 4.98 Å². The van der Waals surface area contributed by atoms with E-state index in [9.17, 15) is 0 Å². The molecule has 2 N–H and O–H groups in total. The fraction of sp³-hybridized carbons (Fsp3) is 0.588. The van der Waals surface area contributed by atoms with Gasteiger partial charge in [0.15, 0.2) is 11.8 Å². The van der Waals surface area contributed by atoms with Crippen LogP contribution in [0.4, 0.5) is 0 Å². The first-order chi connectivity index (χ1) is 11.2. The van der Waals surface area contributed by atoms with Gasteiger partial charge < -0.3 is 15.2 Å². The van der Waals surface area contributed by atoms with Crippen molar-refractivity contribution in [2.75, 3.05) is 13.6 Å². The molecule has 2 heterocycles. The molecule has 0 saturated carbocycles. The van der Waals surface area contributed by atoms with Crippen molar-refractivity contribution >= 4 is 17.3 Å². The highest BCUT2D eigenvalue weighted by molar-refractivity contribution is 7.10. The Bertz CT molecular complexity index is 667. The zero-order valence-corrected chi connectivity index (χ0v) is 16.1. The molecule has 0 aliphatic carbocycles. The van der Waals surface area contributed by atoms with Crippen LogP contribution in [-0.2, 0) is 17.4 Å². The Kier molecular flexibility index (Phi) is 5.64. The Morgan fingerprint density at radius 1 is 1.25 bits per heavy atom. The van der Waals surface area contributed by atoms with Gasteiger partial charge in [-0.1, -0.05) is 45.8 Å². The number of guanidine groups is 1. The second kappa shape index (κ2) is 7.34. The Morgan fingerprint density at radius 2 is 2.00 bits per heavy atom. The maximum Gasteiger partial charge on any atom is 0.232 e. The average molecular weight is 350 g/mol. The van der Waals surface area contributed by atoms with E-state index in [1.54, 1.807) is 18.4 Å². The molecular weight excluding hydrogens is 322 g/mol. The van der Waals surface area contributed by atoms with Crippen molar-refractivity contribution in [3.63, 3.8) is 0 Å². The quantitative estimate of drug-likeness (QED) is 0.641. The van der Waals surface area contributed by atoms with Crippen molar-refractivity contribution in [2.24, 2.45) is 4.99 Å². The largest absolute Gasteiger partial charge is 0.356 e. The maximum atomic E-state index is 5.30. The van der Waals surface area contributed by atoms with E-state index in [-0.39, 0.29) is 10.8 Å². The molecule has 0 radical (unpaired) electrons. The lowest BCUT2D eigenvalue weighted by atomic mass is 9.91.